The minimum Gasteiger partial charge on any atom is -0.439 e. The van der Waals surface area contributed by atoms with Crippen molar-refractivity contribution >= 4 is 44.2 Å². The molecule has 6 nitrogen and oxygen atoms in total. The van der Waals surface area contributed by atoms with Gasteiger partial charge in [-0.1, -0.05) is 33.0 Å². The summed E-state index contributed by atoms with van der Waals surface area (Å²) in [6.45, 7) is 0. The van der Waals surface area contributed by atoms with E-state index in [1.54, 1.807) is 6.07 Å². The van der Waals surface area contributed by atoms with Crippen LogP contribution in [0.15, 0.2) is 38.0 Å². The third-order valence-corrected chi connectivity index (χ3v) is 6.81. The van der Waals surface area contributed by atoms with Crippen LogP contribution in [0.4, 0.5) is 10.5 Å². The highest BCUT2D eigenvalue weighted by atomic mass is 79.9. The summed E-state index contributed by atoms with van der Waals surface area (Å²) in [6.07, 6.45) is 6.05. The molecule has 4 rings (SSSR count). The van der Waals surface area contributed by atoms with Gasteiger partial charge >= 0.3 is 6.03 Å². The van der Waals surface area contributed by atoms with E-state index in [4.69, 9.17) is 5.73 Å². The molecule has 2 aliphatic rings. The Morgan fingerprint density at radius 2 is 1.68 bits per heavy atom. The van der Waals surface area contributed by atoms with Gasteiger partial charge in [-0.2, -0.15) is 10.6 Å². The van der Waals surface area contributed by atoms with Gasteiger partial charge in [-0.15, -0.1) is 0 Å². The maximum absolute atomic E-state index is 12.6. The number of hydrogen-bond donors (Lipinski definition) is 2. The van der Waals surface area contributed by atoms with Gasteiger partial charge in [0.2, 0.25) is 5.91 Å². The first kappa shape index (κ1) is 19.1. The molecule has 8 heteroatoms. The highest BCUT2D eigenvalue weighted by Gasteiger charge is 2.24. The molecule has 0 aromatic heterocycles. The van der Waals surface area contributed by atoms with E-state index in [9.17, 15) is 13.8 Å². The minimum absolute atomic E-state index is 0.0829. The molecule has 3 amide bonds. The van der Waals surface area contributed by atoms with E-state index in [2.05, 4.69) is 31.7 Å². The molecule has 0 saturated carbocycles. The van der Waals surface area contributed by atoms with Crippen LogP contribution in [0.25, 0.3) is 0 Å². The molecule has 0 radical (unpaired) electrons. The molecule has 0 spiro atoms. The fraction of sp³-hybridized carbons (Fsp3) is 0.300. The van der Waals surface area contributed by atoms with Crippen molar-refractivity contribution in [3.8, 4) is 0 Å². The number of carbonyl (C=O) groups excluding carboxylic acids is 2. The van der Waals surface area contributed by atoms with Gasteiger partial charge in [0, 0.05) is 15.7 Å². The highest BCUT2D eigenvalue weighted by molar-refractivity contribution is 9.10. The van der Waals surface area contributed by atoms with Crippen molar-refractivity contribution < 1.29 is 13.8 Å². The molecule has 0 fully saturated rings. The van der Waals surface area contributed by atoms with E-state index in [0.717, 1.165) is 44.2 Å². The van der Waals surface area contributed by atoms with E-state index in [1.807, 2.05) is 0 Å². The summed E-state index contributed by atoms with van der Waals surface area (Å²) in [5.41, 5.74) is 11.2. The average molecular weight is 461 g/mol. The summed E-state index contributed by atoms with van der Waals surface area (Å²) in [7, 11) is -2.04. The first-order valence-electron chi connectivity index (χ1n) is 9.14. The van der Waals surface area contributed by atoms with Crippen LogP contribution in [0.5, 0.6) is 0 Å². The van der Waals surface area contributed by atoms with Gasteiger partial charge < -0.3 is 19.6 Å². The standard InChI is InChI=1S/C20H19BrN3O3S/c21-13-7-8-16(19(22)25)17(10-13)28(27)24-20(26)23-18-14-5-1-3-11(14)9-12-4-2-6-15(12)18/h7-10H,1-6H2,(H2,22,25)(H,23,26)/q-1. The molecular formula is C20H19BrN3O3S-. The highest BCUT2D eigenvalue weighted by Crippen LogP contribution is 2.38. The third-order valence-electron chi connectivity index (χ3n) is 5.27. The van der Waals surface area contributed by atoms with Crippen LogP contribution in [0.2, 0.25) is 0 Å². The van der Waals surface area contributed by atoms with E-state index in [-0.39, 0.29) is 10.5 Å². The molecule has 0 aliphatic heterocycles. The zero-order valence-corrected chi connectivity index (χ0v) is 17.5. The molecule has 0 bridgehead atoms. The van der Waals surface area contributed by atoms with Crippen LogP contribution in [-0.4, -0.2) is 11.9 Å². The SMILES string of the molecule is NC(=O)c1ccc(Br)cc1[S-](=O)=NC(=O)Nc1c2c(cc3c1CCC3)CCC2. The molecule has 2 aliphatic carbocycles. The number of hydrogen-bond acceptors (Lipinski definition) is 4. The molecule has 0 atom stereocenters. The summed E-state index contributed by atoms with van der Waals surface area (Å²) in [6, 6.07) is 6.17. The number of carbonyl (C=O) groups is 2. The number of primary amides is 1. The van der Waals surface area contributed by atoms with Crippen molar-refractivity contribution in [2.75, 3.05) is 5.32 Å². The summed E-state index contributed by atoms with van der Waals surface area (Å²) >= 11 is 3.27. The Bertz CT molecular complexity index is 1060. The van der Waals surface area contributed by atoms with E-state index >= 15 is 0 Å². The zero-order chi connectivity index (χ0) is 19.8. The van der Waals surface area contributed by atoms with Crippen LogP contribution in [0.1, 0.15) is 45.5 Å². The summed E-state index contributed by atoms with van der Waals surface area (Å²) in [5.74, 6) is -0.717. The second kappa shape index (κ2) is 7.67. The first-order chi connectivity index (χ1) is 13.4. The lowest BCUT2D eigenvalue weighted by molar-refractivity contribution is 0.0997. The maximum Gasteiger partial charge on any atom is 0.322 e. The van der Waals surface area contributed by atoms with E-state index in [1.165, 1.54) is 34.4 Å². The van der Waals surface area contributed by atoms with Gasteiger partial charge in [-0.05, 0) is 72.9 Å². The smallest absolute Gasteiger partial charge is 0.322 e. The monoisotopic (exact) mass is 460 g/mol. The number of urea groups is 1. The van der Waals surface area contributed by atoms with Crippen molar-refractivity contribution in [2.45, 2.75) is 43.4 Å². The molecule has 28 heavy (non-hydrogen) atoms. The number of benzene rings is 2. The Labute approximate surface area is 173 Å². The first-order valence-corrected chi connectivity index (χ1v) is 11.0. The van der Waals surface area contributed by atoms with Crippen LogP contribution >= 0.6 is 15.9 Å². The summed E-state index contributed by atoms with van der Waals surface area (Å²) in [4.78, 5) is 24.3. The fourth-order valence-electron chi connectivity index (χ4n) is 4.07. The maximum atomic E-state index is 12.6. The number of anilines is 1. The number of nitrogens with zero attached hydrogens (tertiary/aromatic N) is 1. The van der Waals surface area contributed by atoms with Gasteiger partial charge in [0.25, 0.3) is 0 Å². The predicted molar refractivity (Wildman–Crippen MR) is 111 cm³/mol. The van der Waals surface area contributed by atoms with Crippen LogP contribution < -0.4 is 11.1 Å². The Kier molecular flexibility index (Phi) is 5.25. The fourth-order valence-corrected chi connectivity index (χ4v) is 5.46. The topological polar surface area (TPSA) is 102 Å². The van der Waals surface area contributed by atoms with Gasteiger partial charge in [-0.3, -0.25) is 4.79 Å². The molecule has 0 saturated heterocycles. The second-order valence-electron chi connectivity index (χ2n) is 7.01. The Balaban J connectivity index is 1.67. The number of rotatable bonds is 3. The normalized spacial score (nSPS) is 15.9. The molecular weight excluding hydrogens is 442 g/mol. The van der Waals surface area contributed by atoms with E-state index in [0.29, 0.717) is 4.47 Å². The van der Waals surface area contributed by atoms with Crippen LogP contribution in [0.3, 0.4) is 0 Å². The van der Waals surface area contributed by atoms with Crippen molar-refractivity contribution in [3.05, 3.63) is 56.6 Å². The lowest BCUT2D eigenvalue weighted by Crippen LogP contribution is -2.14. The quantitative estimate of drug-likeness (QED) is 0.668. The lowest BCUT2D eigenvalue weighted by atomic mass is 9.99. The molecule has 2 aromatic carbocycles. The number of amides is 3. The summed E-state index contributed by atoms with van der Waals surface area (Å²) < 4.78 is 17.0. The van der Waals surface area contributed by atoms with Crippen molar-refractivity contribution in [1.82, 2.24) is 0 Å². The molecule has 0 unspecified atom stereocenters. The van der Waals surface area contributed by atoms with Gasteiger partial charge in [-0.25, -0.2) is 4.79 Å². The number of halogens is 1. The molecule has 0 heterocycles. The number of nitrogens with one attached hydrogen (secondary N) is 1. The summed E-state index contributed by atoms with van der Waals surface area (Å²) in [5, 5.41) is 2.88. The largest absolute Gasteiger partial charge is 0.439 e. The van der Waals surface area contributed by atoms with Gasteiger partial charge in [0.05, 0.1) is 0 Å². The van der Waals surface area contributed by atoms with Crippen molar-refractivity contribution in [1.29, 1.82) is 0 Å². The Morgan fingerprint density at radius 3 is 2.29 bits per heavy atom. The second-order valence-corrected chi connectivity index (χ2v) is 9.05. The number of fused-ring (bicyclic) bond motifs is 2. The third kappa shape index (κ3) is 3.58. The Hall–Kier alpha value is -2.19. The van der Waals surface area contributed by atoms with Gasteiger partial charge in [0.15, 0.2) is 0 Å². The van der Waals surface area contributed by atoms with Gasteiger partial charge in [0.1, 0.15) is 0 Å². The number of aryl methyl sites for hydroxylation is 2. The lowest BCUT2D eigenvalue weighted by Gasteiger charge is -2.16. The Morgan fingerprint density at radius 1 is 1.04 bits per heavy atom. The van der Waals surface area contributed by atoms with Crippen LogP contribution in [0, 0.1) is 0 Å². The number of nitrogens with two attached hydrogens (primary N) is 1. The van der Waals surface area contributed by atoms with Crippen molar-refractivity contribution in [2.24, 2.45) is 10.1 Å². The average Bonchev–Trinajstić information content (AvgIpc) is 3.30. The molecule has 3 N–H and O–H groups in total. The predicted octanol–water partition coefficient (Wildman–Crippen LogP) is 4.26. The zero-order valence-electron chi connectivity index (χ0n) is 15.1. The molecule has 2 aromatic rings. The molecule has 146 valence electrons. The van der Waals surface area contributed by atoms with Crippen LogP contribution in [-0.2, 0) is 40.5 Å². The van der Waals surface area contributed by atoms with Crippen molar-refractivity contribution in [3.63, 3.8) is 0 Å². The minimum atomic E-state index is -2.04. The van der Waals surface area contributed by atoms with E-state index < -0.39 is 22.5 Å².